The second-order valence-corrected chi connectivity index (χ2v) is 3.97. The number of hydrogen-bond acceptors (Lipinski definition) is 4. The smallest absolute Gasteiger partial charge is 0.118 e. The van der Waals surface area contributed by atoms with Crippen LogP contribution < -0.4 is 5.32 Å². The van der Waals surface area contributed by atoms with Gasteiger partial charge < -0.3 is 14.5 Å². The average Bonchev–Trinajstić information content (AvgIpc) is 2.74. The van der Waals surface area contributed by atoms with Gasteiger partial charge in [-0.3, -0.25) is 4.90 Å². The molecule has 1 aromatic rings. The maximum absolute atomic E-state index is 5.52. The van der Waals surface area contributed by atoms with E-state index in [9.17, 15) is 0 Å². The quantitative estimate of drug-likeness (QED) is 0.664. The summed E-state index contributed by atoms with van der Waals surface area (Å²) in [7, 11) is 3.64. The summed E-state index contributed by atoms with van der Waals surface area (Å²) in [4.78, 5) is 2.23. The molecule has 0 saturated carbocycles. The Morgan fingerprint density at radius 3 is 3.06 bits per heavy atom. The Kier molecular flexibility index (Phi) is 6.62. The van der Waals surface area contributed by atoms with Crippen molar-refractivity contribution in [1.82, 2.24) is 10.2 Å². The molecule has 0 saturated heterocycles. The highest BCUT2D eigenvalue weighted by atomic mass is 16.5. The molecular weight excluding hydrogens is 216 g/mol. The molecule has 0 amide bonds. The molecule has 1 aromatic heterocycles. The predicted molar refractivity (Wildman–Crippen MR) is 68.8 cm³/mol. The zero-order valence-corrected chi connectivity index (χ0v) is 10.7. The average molecular weight is 238 g/mol. The highest BCUT2D eigenvalue weighted by Gasteiger charge is 2.07. The van der Waals surface area contributed by atoms with Gasteiger partial charge in [-0.1, -0.05) is 6.08 Å². The van der Waals surface area contributed by atoms with Gasteiger partial charge in [-0.25, -0.2) is 0 Å². The summed E-state index contributed by atoms with van der Waals surface area (Å²) in [6.45, 7) is 7.83. The van der Waals surface area contributed by atoms with Gasteiger partial charge in [-0.2, -0.15) is 0 Å². The summed E-state index contributed by atoms with van der Waals surface area (Å²) in [6, 6.07) is 2.08. The topological polar surface area (TPSA) is 37.6 Å². The van der Waals surface area contributed by atoms with Crippen LogP contribution in [0.25, 0.3) is 0 Å². The van der Waals surface area contributed by atoms with E-state index in [4.69, 9.17) is 9.15 Å². The first kappa shape index (κ1) is 14.0. The summed E-state index contributed by atoms with van der Waals surface area (Å²) in [5, 5.41) is 3.10. The minimum atomic E-state index is 0.720. The Balaban J connectivity index is 2.48. The van der Waals surface area contributed by atoms with Gasteiger partial charge in [0.25, 0.3) is 0 Å². The molecule has 0 aliphatic rings. The van der Waals surface area contributed by atoms with E-state index in [-0.39, 0.29) is 0 Å². The molecule has 4 heteroatoms. The fourth-order valence-electron chi connectivity index (χ4n) is 1.66. The van der Waals surface area contributed by atoms with Crippen LogP contribution >= 0.6 is 0 Å². The summed E-state index contributed by atoms with van der Waals surface area (Å²) in [5.74, 6) is 0.980. The van der Waals surface area contributed by atoms with Crippen molar-refractivity contribution in [1.29, 1.82) is 0 Å². The zero-order valence-electron chi connectivity index (χ0n) is 10.7. The van der Waals surface area contributed by atoms with Crippen molar-refractivity contribution in [3.05, 3.63) is 36.3 Å². The van der Waals surface area contributed by atoms with Crippen LogP contribution in [0.4, 0.5) is 0 Å². The van der Waals surface area contributed by atoms with Crippen LogP contribution in [0.2, 0.25) is 0 Å². The number of hydrogen-bond donors (Lipinski definition) is 1. The van der Waals surface area contributed by atoms with Crippen molar-refractivity contribution in [3.8, 4) is 0 Å². The second kappa shape index (κ2) is 8.06. The van der Waals surface area contributed by atoms with E-state index >= 15 is 0 Å². The number of methoxy groups -OCH3 is 1. The first-order chi connectivity index (χ1) is 8.30. The van der Waals surface area contributed by atoms with Crippen LogP contribution in [-0.2, 0) is 17.8 Å². The lowest BCUT2D eigenvalue weighted by Crippen LogP contribution is -2.26. The number of ether oxygens (including phenoxy) is 1. The maximum Gasteiger partial charge on any atom is 0.118 e. The van der Waals surface area contributed by atoms with E-state index in [1.165, 1.54) is 5.56 Å². The summed E-state index contributed by atoms with van der Waals surface area (Å²) < 4.78 is 10.6. The van der Waals surface area contributed by atoms with Gasteiger partial charge in [-0.05, 0) is 13.1 Å². The van der Waals surface area contributed by atoms with E-state index in [0.29, 0.717) is 0 Å². The van der Waals surface area contributed by atoms with Crippen LogP contribution in [-0.4, -0.2) is 38.8 Å². The molecular formula is C13H22N2O2. The third kappa shape index (κ3) is 5.17. The Morgan fingerprint density at radius 2 is 2.41 bits per heavy atom. The lowest BCUT2D eigenvalue weighted by atomic mass is 10.3. The van der Waals surface area contributed by atoms with Crippen molar-refractivity contribution in [2.24, 2.45) is 0 Å². The van der Waals surface area contributed by atoms with Gasteiger partial charge in [0, 0.05) is 32.3 Å². The Hall–Kier alpha value is -1.10. The molecule has 0 aliphatic carbocycles. The van der Waals surface area contributed by atoms with Gasteiger partial charge in [-0.15, -0.1) is 6.58 Å². The van der Waals surface area contributed by atoms with Gasteiger partial charge in [0.05, 0.1) is 19.4 Å². The van der Waals surface area contributed by atoms with Crippen LogP contribution in [0, 0.1) is 0 Å². The third-order valence-electron chi connectivity index (χ3n) is 2.47. The fourth-order valence-corrected chi connectivity index (χ4v) is 1.66. The molecule has 1 rings (SSSR count). The standard InChI is InChI=1S/C13H22N2O2/c1-4-5-15(6-7-16-3)10-13-8-12(9-14-2)11-17-13/h4,8,11,14H,1,5-7,9-10H2,2-3H3. The molecule has 96 valence electrons. The minimum absolute atomic E-state index is 0.720. The first-order valence-corrected chi connectivity index (χ1v) is 5.83. The lowest BCUT2D eigenvalue weighted by molar-refractivity contribution is 0.147. The number of furan rings is 1. The van der Waals surface area contributed by atoms with E-state index in [1.807, 2.05) is 13.1 Å². The number of nitrogens with zero attached hydrogens (tertiary/aromatic N) is 1. The van der Waals surface area contributed by atoms with Crippen LogP contribution in [0.3, 0.4) is 0 Å². The largest absolute Gasteiger partial charge is 0.468 e. The van der Waals surface area contributed by atoms with Crippen molar-refractivity contribution in [2.75, 3.05) is 33.9 Å². The highest BCUT2D eigenvalue weighted by molar-refractivity contribution is 5.12. The summed E-state index contributed by atoms with van der Waals surface area (Å²) in [5.41, 5.74) is 1.17. The molecule has 0 bridgehead atoms. The zero-order chi connectivity index (χ0) is 12.5. The highest BCUT2D eigenvalue weighted by Crippen LogP contribution is 2.10. The monoisotopic (exact) mass is 238 g/mol. The maximum atomic E-state index is 5.52. The molecule has 17 heavy (non-hydrogen) atoms. The van der Waals surface area contributed by atoms with Crippen LogP contribution in [0.1, 0.15) is 11.3 Å². The molecule has 1 heterocycles. The van der Waals surface area contributed by atoms with Crippen molar-refractivity contribution >= 4 is 0 Å². The minimum Gasteiger partial charge on any atom is -0.468 e. The van der Waals surface area contributed by atoms with Gasteiger partial charge in [0.2, 0.25) is 0 Å². The first-order valence-electron chi connectivity index (χ1n) is 5.83. The molecule has 0 aromatic carbocycles. The second-order valence-electron chi connectivity index (χ2n) is 3.97. The van der Waals surface area contributed by atoms with Crippen LogP contribution in [0.15, 0.2) is 29.4 Å². The Morgan fingerprint density at radius 1 is 1.59 bits per heavy atom. The predicted octanol–water partition coefficient (Wildman–Crippen LogP) is 1.63. The number of nitrogens with one attached hydrogen (secondary N) is 1. The normalized spacial score (nSPS) is 11.0. The van der Waals surface area contributed by atoms with Crippen molar-refractivity contribution < 1.29 is 9.15 Å². The van der Waals surface area contributed by atoms with Crippen molar-refractivity contribution in [2.45, 2.75) is 13.1 Å². The molecule has 0 atom stereocenters. The SMILES string of the molecule is C=CCN(CCOC)Cc1cc(CNC)co1. The Bertz CT molecular complexity index is 323. The molecule has 0 radical (unpaired) electrons. The Labute approximate surface area is 103 Å². The summed E-state index contributed by atoms with van der Waals surface area (Å²) >= 11 is 0. The molecule has 4 nitrogen and oxygen atoms in total. The van der Waals surface area contributed by atoms with E-state index in [2.05, 4.69) is 22.9 Å². The lowest BCUT2D eigenvalue weighted by Gasteiger charge is -2.18. The molecule has 1 N–H and O–H groups in total. The van der Waals surface area contributed by atoms with E-state index < -0.39 is 0 Å². The molecule has 0 aliphatic heterocycles. The fraction of sp³-hybridized carbons (Fsp3) is 0.538. The number of rotatable bonds is 9. The third-order valence-corrected chi connectivity index (χ3v) is 2.47. The van der Waals surface area contributed by atoms with Gasteiger partial charge in [0.1, 0.15) is 5.76 Å². The van der Waals surface area contributed by atoms with Crippen LogP contribution in [0.5, 0.6) is 0 Å². The van der Waals surface area contributed by atoms with E-state index in [0.717, 1.165) is 38.5 Å². The van der Waals surface area contributed by atoms with Crippen molar-refractivity contribution in [3.63, 3.8) is 0 Å². The molecule has 0 unspecified atom stereocenters. The molecule has 0 fully saturated rings. The summed E-state index contributed by atoms with van der Waals surface area (Å²) in [6.07, 6.45) is 3.70. The van der Waals surface area contributed by atoms with Gasteiger partial charge >= 0.3 is 0 Å². The van der Waals surface area contributed by atoms with Gasteiger partial charge in [0.15, 0.2) is 0 Å². The molecule has 0 spiro atoms. The van der Waals surface area contributed by atoms with E-state index in [1.54, 1.807) is 13.4 Å².